The molecule has 5 heteroatoms. The van der Waals surface area contributed by atoms with E-state index in [9.17, 15) is 4.79 Å². The van der Waals surface area contributed by atoms with E-state index in [1.54, 1.807) is 0 Å². The number of amides is 1. The number of imidazole rings is 1. The zero-order valence-corrected chi connectivity index (χ0v) is 17.1. The Morgan fingerprint density at radius 2 is 2.00 bits per heavy atom. The smallest absolute Gasteiger partial charge is 0.289 e. The van der Waals surface area contributed by atoms with Gasteiger partial charge in [0.05, 0.1) is 11.0 Å². The molecule has 1 saturated heterocycles. The second kappa shape index (κ2) is 6.76. The first-order valence-electron chi connectivity index (χ1n) is 10.2. The van der Waals surface area contributed by atoms with Crippen molar-refractivity contribution in [1.29, 1.82) is 0 Å². The number of fused-ring (bicyclic) bond motifs is 2. The summed E-state index contributed by atoms with van der Waals surface area (Å²) in [6, 6.07) is 14.3. The Morgan fingerprint density at radius 1 is 1.17 bits per heavy atom. The molecule has 1 aliphatic heterocycles. The van der Waals surface area contributed by atoms with Gasteiger partial charge in [-0.1, -0.05) is 24.3 Å². The molecule has 1 unspecified atom stereocenters. The molecular formula is C24H25N3O2. The average molecular weight is 387 g/mol. The number of aromatic nitrogens is 2. The molecule has 1 amide bonds. The van der Waals surface area contributed by atoms with Crippen molar-refractivity contribution >= 4 is 27.9 Å². The lowest BCUT2D eigenvalue weighted by Crippen LogP contribution is -2.39. The van der Waals surface area contributed by atoms with E-state index in [1.165, 1.54) is 0 Å². The Morgan fingerprint density at radius 3 is 2.83 bits per heavy atom. The van der Waals surface area contributed by atoms with Gasteiger partial charge in [0.15, 0.2) is 5.76 Å². The highest BCUT2D eigenvalue weighted by Crippen LogP contribution is 2.32. The first kappa shape index (κ1) is 18.0. The highest BCUT2D eigenvalue weighted by atomic mass is 16.3. The summed E-state index contributed by atoms with van der Waals surface area (Å²) < 4.78 is 8.17. The van der Waals surface area contributed by atoms with Gasteiger partial charge >= 0.3 is 0 Å². The molecule has 1 fully saturated rings. The number of furan rings is 1. The second-order valence-electron chi connectivity index (χ2n) is 8.16. The van der Waals surface area contributed by atoms with Crippen LogP contribution in [0.1, 0.15) is 46.3 Å². The van der Waals surface area contributed by atoms with Crippen LogP contribution in [0.3, 0.4) is 0 Å². The van der Waals surface area contributed by atoms with Crippen LogP contribution in [0.5, 0.6) is 0 Å². The van der Waals surface area contributed by atoms with Crippen molar-refractivity contribution in [3.05, 3.63) is 65.2 Å². The molecule has 1 atom stereocenters. The van der Waals surface area contributed by atoms with Gasteiger partial charge < -0.3 is 13.9 Å². The number of hydrogen-bond donors (Lipinski definition) is 0. The molecule has 5 nitrogen and oxygen atoms in total. The molecule has 0 bridgehead atoms. The van der Waals surface area contributed by atoms with E-state index in [-0.39, 0.29) is 11.8 Å². The Kier molecular flexibility index (Phi) is 4.19. The van der Waals surface area contributed by atoms with Gasteiger partial charge in [0, 0.05) is 37.0 Å². The molecular weight excluding hydrogens is 362 g/mol. The minimum Gasteiger partial charge on any atom is -0.451 e. The van der Waals surface area contributed by atoms with Crippen LogP contribution in [-0.4, -0.2) is 33.4 Å². The molecule has 29 heavy (non-hydrogen) atoms. The standard InChI is InChI=1S/C24H25N3O2/c1-15-10-11-18-16(2)22(29-21(18)13-15)24(28)27-12-6-7-17(14-27)23-25-19-8-4-5-9-20(19)26(23)3/h4-5,8-11,13,17H,6-7,12,14H2,1-3H3. The van der Waals surface area contributed by atoms with Crippen LogP contribution in [0.2, 0.25) is 0 Å². The van der Waals surface area contributed by atoms with E-state index in [1.807, 2.05) is 49.1 Å². The minimum atomic E-state index is -0.0141. The Labute approximate surface area is 169 Å². The zero-order chi connectivity index (χ0) is 20.1. The molecule has 0 spiro atoms. The maximum Gasteiger partial charge on any atom is 0.289 e. The third-order valence-corrected chi connectivity index (χ3v) is 6.18. The molecule has 148 valence electrons. The summed E-state index contributed by atoms with van der Waals surface area (Å²) in [6.45, 7) is 5.44. The van der Waals surface area contributed by atoms with Gasteiger partial charge in [-0.25, -0.2) is 4.98 Å². The van der Waals surface area contributed by atoms with Crippen molar-refractivity contribution in [2.75, 3.05) is 13.1 Å². The highest BCUT2D eigenvalue weighted by Gasteiger charge is 2.31. The molecule has 0 radical (unpaired) electrons. The summed E-state index contributed by atoms with van der Waals surface area (Å²) >= 11 is 0. The number of piperidine rings is 1. The lowest BCUT2D eigenvalue weighted by molar-refractivity contribution is 0.0673. The summed E-state index contributed by atoms with van der Waals surface area (Å²) in [5.41, 5.74) is 4.99. The summed E-state index contributed by atoms with van der Waals surface area (Å²) in [7, 11) is 2.07. The first-order chi connectivity index (χ1) is 14.0. The Bertz CT molecular complexity index is 1230. The Hall–Kier alpha value is -3.08. The second-order valence-corrected chi connectivity index (χ2v) is 8.16. The Balaban J connectivity index is 1.45. The summed E-state index contributed by atoms with van der Waals surface area (Å²) in [4.78, 5) is 20.1. The van der Waals surface area contributed by atoms with Crippen molar-refractivity contribution in [3.8, 4) is 0 Å². The lowest BCUT2D eigenvalue weighted by atomic mass is 9.96. The van der Waals surface area contributed by atoms with E-state index in [0.29, 0.717) is 12.3 Å². The van der Waals surface area contributed by atoms with Crippen molar-refractivity contribution < 1.29 is 9.21 Å². The fourth-order valence-corrected chi connectivity index (χ4v) is 4.58. The van der Waals surface area contributed by atoms with Crippen molar-refractivity contribution in [2.45, 2.75) is 32.6 Å². The van der Waals surface area contributed by atoms with Crippen LogP contribution in [0.4, 0.5) is 0 Å². The van der Waals surface area contributed by atoms with Gasteiger partial charge in [-0.05, 0) is 50.5 Å². The maximum absolute atomic E-state index is 13.3. The molecule has 2 aromatic heterocycles. The molecule has 3 heterocycles. The summed E-state index contributed by atoms with van der Waals surface area (Å²) in [5, 5.41) is 1.02. The number of nitrogens with zero attached hydrogens (tertiary/aromatic N) is 3. The average Bonchev–Trinajstić information content (AvgIpc) is 3.25. The first-order valence-corrected chi connectivity index (χ1v) is 10.2. The number of rotatable bonds is 2. The fraction of sp³-hybridized carbons (Fsp3) is 0.333. The van der Waals surface area contributed by atoms with E-state index in [4.69, 9.17) is 9.40 Å². The lowest BCUT2D eigenvalue weighted by Gasteiger charge is -2.32. The topological polar surface area (TPSA) is 51.3 Å². The van der Waals surface area contributed by atoms with E-state index >= 15 is 0 Å². The number of hydrogen-bond acceptors (Lipinski definition) is 3. The van der Waals surface area contributed by atoms with Gasteiger partial charge in [-0.2, -0.15) is 0 Å². The third-order valence-electron chi connectivity index (χ3n) is 6.18. The van der Waals surface area contributed by atoms with Gasteiger partial charge in [-0.3, -0.25) is 4.79 Å². The monoisotopic (exact) mass is 387 g/mol. The van der Waals surface area contributed by atoms with Gasteiger partial charge in [0.1, 0.15) is 11.4 Å². The summed E-state index contributed by atoms with van der Waals surface area (Å²) in [5.74, 6) is 1.74. The number of para-hydroxylation sites is 2. The fourth-order valence-electron chi connectivity index (χ4n) is 4.58. The minimum absolute atomic E-state index is 0.0141. The molecule has 0 saturated carbocycles. The number of aryl methyl sites for hydroxylation is 3. The maximum atomic E-state index is 13.3. The predicted molar refractivity (Wildman–Crippen MR) is 114 cm³/mol. The molecule has 0 N–H and O–H groups in total. The number of likely N-dealkylation sites (tertiary alicyclic amines) is 1. The van der Waals surface area contributed by atoms with Crippen LogP contribution < -0.4 is 0 Å². The van der Waals surface area contributed by atoms with Crippen LogP contribution in [0, 0.1) is 13.8 Å². The number of carbonyl (C=O) groups excluding carboxylic acids is 1. The highest BCUT2D eigenvalue weighted by molar-refractivity contribution is 5.99. The van der Waals surface area contributed by atoms with Crippen molar-refractivity contribution in [1.82, 2.24) is 14.5 Å². The van der Waals surface area contributed by atoms with Crippen LogP contribution in [-0.2, 0) is 7.05 Å². The summed E-state index contributed by atoms with van der Waals surface area (Å²) in [6.07, 6.45) is 2.01. The van der Waals surface area contributed by atoms with E-state index in [0.717, 1.165) is 58.3 Å². The number of benzene rings is 2. The van der Waals surface area contributed by atoms with Crippen LogP contribution >= 0.6 is 0 Å². The molecule has 2 aromatic carbocycles. The SMILES string of the molecule is Cc1ccc2c(C)c(C(=O)N3CCCC(c4nc5ccccc5n4C)C3)oc2c1. The molecule has 1 aliphatic rings. The van der Waals surface area contributed by atoms with Gasteiger partial charge in [0.2, 0.25) is 0 Å². The van der Waals surface area contributed by atoms with E-state index in [2.05, 4.69) is 23.7 Å². The van der Waals surface area contributed by atoms with Crippen molar-refractivity contribution in [3.63, 3.8) is 0 Å². The zero-order valence-electron chi connectivity index (χ0n) is 17.1. The normalized spacial score (nSPS) is 17.3. The predicted octanol–water partition coefficient (Wildman–Crippen LogP) is 4.96. The molecule has 0 aliphatic carbocycles. The van der Waals surface area contributed by atoms with Gasteiger partial charge in [-0.15, -0.1) is 0 Å². The van der Waals surface area contributed by atoms with Gasteiger partial charge in [0.25, 0.3) is 5.91 Å². The van der Waals surface area contributed by atoms with Crippen molar-refractivity contribution in [2.24, 2.45) is 7.05 Å². The van der Waals surface area contributed by atoms with Crippen LogP contribution in [0.25, 0.3) is 22.0 Å². The molecule has 5 rings (SSSR count). The molecule has 4 aromatic rings. The number of carbonyl (C=O) groups is 1. The van der Waals surface area contributed by atoms with E-state index < -0.39 is 0 Å². The largest absolute Gasteiger partial charge is 0.451 e. The third kappa shape index (κ3) is 2.92. The quantitative estimate of drug-likeness (QED) is 0.489. The van der Waals surface area contributed by atoms with Crippen LogP contribution in [0.15, 0.2) is 46.9 Å².